The largest absolute Gasteiger partial charge is 0.444 e. The lowest BCUT2D eigenvalue weighted by Gasteiger charge is -2.39. The van der Waals surface area contributed by atoms with Crippen molar-refractivity contribution in [1.82, 2.24) is 5.32 Å². The van der Waals surface area contributed by atoms with Crippen molar-refractivity contribution in [3.05, 3.63) is 0 Å². The van der Waals surface area contributed by atoms with E-state index in [2.05, 4.69) is 5.32 Å². The maximum Gasteiger partial charge on any atom is 0.407 e. The van der Waals surface area contributed by atoms with Crippen molar-refractivity contribution < 1.29 is 39.4 Å². The molecule has 1 aliphatic rings. The van der Waals surface area contributed by atoms with Crippen LogP contribution in [0, 0.1) is 0 Å². The fraction of sp³-hybridized carbons (Fsp3) is 0.923. The molecule has 0 bridgehead atoms. The first-order chi connectivity index (χ1) is 10.2. The zero-order chi connectivity index (χ0) is 16.9. The Morgan fingerprint density at radius 3 is 2.36 bits per heavy atom. The third-order valence-corrected chi connectivity index (χ3v) is 2.90. The summed E-state index contributed by atoms with van der Waals surface area (Å²) in [5.41, 5.74) is -0.609. The number of rotatable bonds is 5. The molecule has 0 aromatic carbocycles. The lowest BCUT2D eigenvalue weighted by molar-refractivity contribution is -0.300. The number of aliphatic hydroxyl groups is 4. The number of aliphatic hydroxyl groups excluding tert-OH is 4. The van der Waals surface area contributed by atoms with Gasteiger partial charge in [-0.05, 0) is 20.8 Å². The molecule has 1 rings (SSSR count). The van der Waals surface area contributed by atoms with E-state index in [1.807, 2.05) is 0 Å². The van der Waals surface area contributed by atoms with Gasteiger partial charge >= 0.3 is 6.09 Å². The van der Waals surface area contributed by atoms with Gasteiger partial charge in [0.15, 0.2) is 6.29 Å². The van der Waals surface area contributed by atoms with E-state index in [4.69, 9.17) is 19.3 Å². The molecule has 0 aromatic rings. The summed E-state index contributed by atoms with van der Waals surface area (Å²) in [6, 6.07) is 0. The van der Waals surface area contributed by atoms with Crippen molar-refractivity contribution in [3.63, 3.8) is 0 Å². The third-order valence-electron chi connectivity index (χ3n) is 2.90. The van der Waals surface area contributed by atoms with E-state index in [1.54, 1.807) is 20.8 Å². The Balaban J connectivity index is 2.33. The number of amides is 1. The normalized spacial score (nSPS) is 32.6. The number of hydrogen-bond acceptors (Lipinski definition) is 8. The number of carbonyl (C=O) groups excluding carboxylic acids is 1. The summed E-state index contributed by atoms with van der Waals surface area (Å²) >= 11 is 0. The minimum Gasteiger partial charge on any atom is -0.444 e. The van der Waals surface area contributed by atoms with E-state index in [0.29, 0.717) is 0 Å². The molecule has 1 aliphatic heterocycles. The van der Waals surface area contributed by atoms with Crippen LogP contribution in [-0.4, -0.2) is 82.6 Å². The first-order valence-electron chi connectivity index (χ1n) is 7.04. The zero-order valence-corrected chi connectivity index (χ0v) is 12.9. The molecule has 9 heteroatoms. The van der Waals surface area contributed by atoms with Crippen LogP contribution in [-0.2, 0) is 14.2 Å². The topological polar surface area (TPSA) is 138 Å². The zero-order valence-electron chi connectivity index (χ0n) is 12.9. The molecular weight excluding hydrogens is 298 g/mol. The fourth-order valence-electron chi connectivity index (χ4n) is 1.85. The lowest BCUT2D eigenvalue weighted by atomic mass is 9.99. The summed E-state index contributed by atoms with van der Waals surface area (Å²) in [6.45, 7) is 4.76. The molecule has 0 unspecified atom stereocenters. The molecule has 130 valence electrons. The number of hydrogen-bond donors (Lipinski definition) is 5. The second-order valence-corrected chi connectivity index (χ2v) is 6.00. The monoisotopic (exact) mass is 323 g/mol. The van der Waals surface area contributed by atoms with E-state index < -0.39 is 49.0 Å². The Labute approximate surface area is 128 Å². The Bertz CT molecular complexity index is 356. The van der Waals surface area contributed by atoms with Crippen LogP contribution in [0.2, 0.25) is 0 Å². The highest BCUT2D eigenvalue weighted by atomic mass is 16.7. The van der Waals surface area contributed by atoms with Gasteiger partial charge in [-0.15, -0.1) is 0 Å². The molecule has 0 radical (unpaired) electrons. The molecule has 0 aliphatic carbocycles. The first kappa shape index (κ1) is 19.1. The van der Waals surface area contributed by atoms with Crippen molar-refractivity contribution in [2.45, 2.75) is 57.1 Å². The van der Waals surface area contributed by atoms with Gasteiger partial charge in [0.1, 0.15) is 30.0 Å². The molecule has 1 fully saturated rings. The molecule has 0 spiro atoms. The molecule has 22 heavy (non-hydrogen) atoms. The van der Waals surface area contributed by atoms with E-state index in [1.165, 1.54) is 0 Å². The van der Waals surface area contributed by atoms with E-state index in [-0.39, 0.29) is 13.2 Å². The van der Waals surface area contributed by atoms with Crippen molar-refractivity contribution >= 4 is 6.09 Å². The molecule has 9 nitrogen and oxygen atoms in total. The molecule has 5 N–H and O–H groups in total. The summed E-state index contributed by atoms with van der Waals surface area (Å²) < 4.78 is 15.4. The van der Waals surface area contributed by atoms with E-state index in [0.717, 1.165) is 0 Å². The second-order valence-electron chi connectivity index (χ2n) is 6.00. The SMILES string of the molecule is CC(C)(C)OC(=O)NCCO[C@H]1O[C@H](CO)[C@@H](O)[C@H](O)[C@@H]1O. The van der Waals surface area contributed by atoms with Gasteiger partial charge in [-0.3, -0.25) is 0 Å². The summed E-state index contributed by atoms with van der Waals surface area (Å²) in [4.78, 5) is 11.4. The first-order valence-corrected chi connectivity index (χ1v) is 7.04. The highest BCUT2D eigenvalue weighted by Crippen LogP contribution is 2.21. The standard InChI is InChI=1S/C13H25NO8/c1-13(2,3)22-12(19)14-4-5-20-11-10(18)9(17)8(16)7(6-15)21-11/h7-11,15-18H,4-6H2,1-3H3,(H,14,19)/t7-,8-,9+,10+,11+/m1/s1. The molecule has 1 saturated heterocycles. The fourth-order valence-corrected chi connectivity index (χ4v) is 1.85. The van der Waals surface area contributed by atoms with Gasteiger partial charge < -0.3 is 40.0 Å². The summed E-state index contributed by atoms with van der Waals surface area (Å²) in [6.07, 6.45) is -7.23. The van der Waals surface area contributed by atoms with Gasteiger partial charge in [0.25, 0.3) is 0 Å². The van der Waals surface area contributed by atoms with Crippen LogP contribution in [0.1, 0.15) is 20.8 Å². The van der Waals surface area contributed by atoms with Crippen molar-refractivity contribution in [3.8, 4) is 0 Å². The summed E-state index contributed by atoms with van der Waals surface area (Å²) in [7, 11) is 0. The predicted octanol–water partition coefficient (Wildman–Crippen LogP) is -1.67. The summed E-state index contributed by atoms with van der Waals surface area (Å²) in [5, 5.41) is 40.4. The van der Waals surface area contributed by atoms with Crippen molar-refractivity contribution in [2.75, 3.05) is 19.8 Å². The maximum absolute atomic E-state index is 11.4. The molecule has 1 heterocycles. The smallest absolute Gasteiger partial charge is 0.407 e. The predicted molar refractivity (Wildman–Crippen MR) is 74.0 cm³/mol. The number of carbonyl (C=O) groups is 1. The molecular formula is C13H25NO8. The molecule has 0 aromatic heterocycles. The lowest BCUT2D eigenvalue weighted by Crippen LogP contribution is -2.59. The molecule has 5 atom stereocenters. The number of nitrogens with one attached hydrogen (secondary N) is 1. The van der Waals surface area contributed by atoms with Crippen molar-refractivity contribution in [2.24, 2.45) is 0 Å². The summed E-state index contributed by atoms with van der Waals surface area (Å²) in [5.74, 6) is 0. The average Bonchev–Trinajstić information content (AvgIpc) is 2.41. The van der Waals surface area contributed by atoms with Gasteiger partial charge in [-0.1, -0.05) is 0 Å². The van der Waals surface area contributed by atoms with Crippen LogP contribution < -0.4 is 5.32 Å². The van der Waals surface area contributed by atoms with E-state index >= 15 is 0 Å². The minimum atomic E-state index is -1.49. The Morgan fingerprint density at radius 1 is 1.18 bits per heavy atom. The van der Waals surface area contributed by atoms with Gasteiger partial charge in [-0.25, -0.2) is 4.79 Å². The van der Waals surface area contributed by atoms with Crippen LogP contribution in [0.15, 0.2) is 0 Å². The average molecular weight is 323 g/mol. The maximum atomic E-state index is 11.4. The third kappa shape index (κ3) is 5.67. The number of ether oxygens (including phenoxy) is 3. The van der Waals surface area contributed by atoms with Gasteiger partial charge in [0, 0.05) is 6.54 Å². The molecule has 1 amide bonds. The van der Waals surface area contributed by atoms with Crippen LogP contribution in [0.3, 0.4) is 0 Å². The second kappa shape index (κ2) is 8.04. The minimum absolute atomic E-state index is 0.0120. The Morgan fingerprint density at radius 2 is 1.82 bits per heavy atom. The Kier molecular flexibility index (Phi) is 6.98. The molecule has 0 saturated carbocycles. The van der Waals surface area contributed by atoms with Gasteiger partial charge in [-0.2, -0.15) is 0 Å². The Hall–Kier alpha value is -0.970. The van der Waals surface area contributed by atoms with Gasteiger partial charge in [0.2, 0.25) is 0 Å². The van der Waals surface area contributed by atoms with E-state index in [9.17, 15) is 20.1 Å². The quantitative estimate of drug-likeness (QED) is 0.379. The van der Waals surface area contributed by atoms with Crippen LogP contribution >= 0.6 is 0 Å². The van der Waals surface area contributed by atoms with Crippen LogP contribution in [0.5, 0.6) is 0 Å². The van der Waals surface area contributed by atoms with Crippen LogP contribution in [0.25, 0.3) is 0 Å². The van der Waals surface area contributed by atoms with Crippen LogP contribution in [0.4, 0.5) is 4.79 Å². The number of alkyl carbamates (subject to hydrolysis) is 1. The van der Waals surface area contributed by atoms with Crippen molar-refractivity contribution in [1.29, 1.82) is 0 Å². The highest BCUT2D eigenvalue weighted by molar-refractivity contribution is 5.67. The highest BCUT2D eigenvalue weighted by Gasteiger charge is 2.43. The van der Waals surface area contributed by atoms with Gasteiger partial charge in [0.05, 0.1) is 13.2 Å².